The van der Waals surface area contributed by atoms with Gasteiger partial charge in [-0.1, -0.05) is 19.1 Å². The maximum atomic E-state index is 6.05. The van der Waals surface area contributed by atoms with Gasteiger partial charge in [0.05, 0.1) is 0 Å². The Hall–Kier alpha value is -1.77. The standard InChI is InChI=1S/C12H15N3/c1-3-6-10-12(13)15-9(4-2)7-5-8-11(15)14-10/h3,5-8H,4,13H2,1-2H3/b6-3+. The van der Waals surface area contributed by atoms with Crippen molar-refractivity contribution in [3.05, 3.63) is 35.7 Å². The van der Waals surface area contributed by atoms with Gasteiger partial charge in [-0.25, -0.2) is 4.98 Å². The van der Waals surface area contributed by atoms with Crippen LogP contribution in [0, 0.1) is 0 Å². The van der Waals surface area contributed by atoms with Crippen LogP contribution in [-0.4, -0.2) is 9.38 Å². The van der Waals surface area contributed by atoms with E-state index in [0.717, 1.165) is 23.6 Å². The van der Waals surface area contributed by atoms with Crippen LogP contribution in [0.3, 0.4) is 0 Å². The molecule has 0 atom stereocenters. The smallest absolute Gasteiger partial charge is 0.139 e. The number of nitrogens with two attached hydrogens (primary N) is 1. The van der Waals surface area contributed by atoms with Gasteiger partial charge < -0.3 is 5.73 Å². The molecule has 78 valence electrons. The van der Waals surface area contributed by atoms with Crippen LogP contribution < -0.4 is 5.73 Å². The van der Waals surface area contributed by atoms with E-state index in [2.05, 4.69) is 18.0 Å². The lowest BCUT2D eigenvalue weighted by molar-refractivity contribution is 0.986. The van der Waals surface area contributed by atoms with Gasteiger partial charge >= 0.3 is 0 Å². The van der Waals surface area contributed by atoms with E-state index in [0.29, 0.717) is 0 Å². The van der Waals surface area contributed by atoms with Gasteiger partial charge in [0.15, 0.2) is 0 Å². The maximum Gasteiger partial charge on any atom is 0.139 e. The van der Waals surface area contributed by atoms with E-state index < -0.39 is 0 Å². The van der Waals surface area contributed by atoms with Crippen molar-refractivity contribution in [2.75, 3.05) is 5.73 Å². The number of aryl methyl sites for hydroxylation is 1. The third-order valence-corrected chi connectivity index (χ3v) is 2.48. The zero-order chi connectivity index (χ0) is 10.8. The van der Waals surface area contributed by atoms with Crippen molar-refractivity contribution in [2.24, 2.45) is 0 Å². The van der Waals surface area contributed by atoms with Crippen molar-refractivity contribution < 1.29 is 0 Å². The number of nitrogens with zero attached hydrogens (tertiary/aromatic N) is 2. The lowest BCUT2D eigenvalue weighted by Crippen LogP contribution is -1.99. The first-order valence-electron chi connectivity index (χ1n) is 5.16. The second-order valence-electron chi connectivity index (χ2n) is 3.45. The van der Waals surface area contributed by atoms with E-state index in [4.69, 9.17) is 5.73 Å². The zero-order valence-electron chi connectivity index (χ0n) is 9.07. The Balaban J connectivity index is 2.76. The van der Waals surface area contributed by atoms with Crippen LogP contribution in [0.5, 0.6) is 0 Å². The number of nitrogen functional groups attached to an aromatic ring is 1. The number of aromatic nitrogens is 2. The summed E-state index contributed by atoms with van der Waals surface area (Å²) >= 11 is 0. The van der Waals surface area contributed by atoms with Gasteiger partial charge in [-0.2, -0.15) is 0 Å². The second-order valence-corrected chi connectivity index (χ2v) is 3.45. The Labute approximate surface area is 89.2 Å². The molecule has 3 heteroatoms. The normalized spacial score (nSPS) is 11.6. The predicted molar refractivity (Wildman–Crippen MR) is 63.7 cm³/mol. The van der Waals surface area contributed by atoms with Gasteiger partial charge in [-0.3, -0.25) is 4.40 Å². The highest BCUT2D eigenvalue weighted by atomic mass is 15.1. The number of fused-ring (bicyclic) bond motifs is 1. The van der Waals surface area contributed by atoms with Crippen LogP contribution in [0.2, 0.25) is 0 Å². The third-order valence-electron chi connectivity index (χ3n) is 2.48. The molecule has 0 aliphatic heterocycles. The third kappa shape index (κ3) is 1.50. The topological polar surface area (TPSA) is 43.3 Å². The summed E-state index contributed by atoms with van der Waals surface area (Å²) in [5.74, 6) is 0.723. The quantitative estimate of drug-likeness (QED) is 0.811. The lowest BCUT2D eigenvalue weighted by atomic mass is 10.3. The highest BCUT2D eigenvalue weighted by Crippen LogP contribution is 2.18. The molecule has 0 saturated heterocycles. The summed E-state index contributed by atoms with van der Waals surface area (Å²) < 4.78 is 2.01. The number of pyridine rings is 1. The van der Waals surface area contributed by atoms with Crippen molar-refractivity contribution in [3.8, 4) is 0 Å². The largest absolute Gasteiger partial charge is 0.383 e. The molecule has 2 aromatic heterocycles. The van der Waals surface area contributed by atoms with Gasteiger partial charge in [-0.15, -0.1) is 0 Å². The average molecular weight is 201 g/mol. The molecule has 2 heterocycles. The molecule has 0 aliphatic carbocycles. The van der Waals surface area contributed by atoms with E-state index in [1.165, 1.54) is 5.69 Å². The van der Waals surface area contributed by atoms with E-state index >= 15 is 0 Å². The van der Waals surface area contributed by atoms with Gasteiger partial charge in [0, 0.05) is 5.69 Å². The fourth-order valence-corrected chi connectivity index (χ4v) is 1.76. The number of hydrogen-bond acceptors (Lipinski definition) is 2. The fourth-order valence-electron chi connectivity index (χ4n) is 1.76. The van der Waals surface area contributed by atoms with Crippen LogP contribution in [-0.2, 0) is 6.42 Å². The van der Waals surface area contributed by atoms with E-state index in [1.54, 1.807) is 0 Å². The molecule has 2 rings (SSSR count). The summed E-state index contributed by atoms with van der Waals surface area (Å²) in [7, 11) is 0. The van der Waals surface area contributed by atoms with E-state index in [1.807, 2.05) is 35.6 Å². The van der Waals surface area contributed by atoms with Crippen LogP contribution in [0.15, 0.2) is 24.3 Å². The summed E-state index contributed by atoms with van der Waals surface area (Å²) in [5, 5.41) is 0. The molecule has 3 nitrogen and oxygen atoms in total. The molecular formula is C12H15N3. The molecule has 15 heavy (non-hydrogen) atoms. The molecule has 2 aromatic rings. The molecule has 0 bridgehead atoms. The molecule has 0 fully saturated rings. The minimum atomic E-state index is 0.723. The summed E-state index contributed by atoms with van der Waals surface area (Å²) in [5.41, 5.74) is 9.00. The first kappa shape index (κ1) is 9.77. The van der Waals surface area contributed by atoms with Crippen molar-refractivity contribution in [1.82, 2.24) is 9.38 Å². The van der Waals surface area contributed by atoms with Crippen molar-refractivity contribution in [2.45, 2.75) is 20.3 Å². The molecule has 0 aromatic carbocycles. The Kier molecular flexibility index (Phi) is 2.46. The van der Waals surface area contributed by atoms with E-state index in [-0.39, 0.29) is 0 Å². The van der Waals surface area contributed by atoms with Gasteiger partial charge in [-0.05, 0) is 31.6 Å². The van der Waals surface area contributed by atoms with Crippen LogP contribution >= 0.6 is 0 Å². The van der Waals surface area contributed by atoms with Crippen LogP contribution in [0.25, 0.3) is 11.7 Å². The molecule has 0 spiro atoms. The Morgan fingerprint density at radius 2 is 2.27 bits per heavy atom. The van der Waals surface area contributed by atoms with Gasteiger partial charge in [0.2, 0.25) is 0 Å². The summed E-state index contributed by atoms with van der Waals surface area (Å²) in [6.45, 7) is 4.08. The Morgan fingerprint density at radius 3 is 2.93 bits per heavy atom. The number of anilines is 1. The van der Waals surface area contributed by atoms with Gasteiger partial charge in [0.25, 0.3) is 0 Å². The van der Waals surface area contributed by atoms with Crippen LogP contribution in [0.4, 0.5) is 5.82 Å². The number of rotatable bonds is 2. The SMILES string of the molecule is C/C=C/c1nc2cccc(CC)n2c1N. The average Bonchev–Trinajstić information content (AvgIpc) is 2.57. The molecule has 2 N–H and O–H groups in total. The zero-order valence-corrected chi connectivity index (χ0v) is 9.07. The molecular weight excluding hydrogens is 186 g/mol. The monoisotopic (exact) mass is 201 g/mol. The summed E-state index contributed by atoms with van der Waals surface area (Å²) in [6, 6.07) is 6.06. The molecule has 0 amide bonds. The first-order chi connectivity index (χ1) is 7.27. The number of allylic oxidation sites excluding steroid dienone is 1. The molecule has 0 unspecified atom stereocenters. The first-order valence-corrected chi connectivity index (χ1v) is 5.16. The molecule has 0 radical (unpaired) electrons. The lowest BCUT2D eigenvalue weighted by Gasteiger charge is -2.03. The van der Waals surface area contributed by atoms with Gasteiger partial charge in [0.1, 0.15) is 17.2 Å². The predicted octanol–water partition coefficient (Wildman–Crippen LogP) is 2.51. The summed E-state index contributed by atoms with van der Waals surface area (Å²) in [4.78, 5) is 4.46. The van der Waals surface area contributed by atoms with Crippen molar-refractivity contribution in [1.29, 1.82) is 0 Å². The highest BCUT2D eigenvalue weighted by molar-refractivity contribution is 5.65. The van der Waals surface area contributed by atoms with Crippen LogP contribution in [0.1, 0.15) is 25.2 Å². The van der Waals surface area contributed by atoms with E-state index in [9.17, 15) is 0 Å². The Bertz CT molecular complexity index is 509. The summed E-state index contributed by atoms with van der Waals surface area (Å²) in [6.07, 6.45) is 4.83. The molecule has 0 aliphatic rings. The minimum Gasteiger partial charge on any atom is -0.383 e. The maximum absolute atomic E-state index is 6.05. The number of hydrogen-bond donors (Lipinski definition) is 1. The Morgan fingerprint density at radius 1 is 1.47 bits per heavy atom. The number of imidazole rings is 1. The second kappa shape index (κ2) is 3.77. The molecule has 0 saturated carbocycles. The highest BCUT2D eigenvalue weighted by Gasteiger charge is 2.08. The van der Waals surface area contributed by atoms with Crippen molar-refractivity contribution in [3.63, 3.8) is 0 Å². The minimum absolute atomic E-state index is 0.723. The van der Waals surface area contributed by atoms with Crippen molar-refractivity contribution >= 4 is 17.5 Å². The fraction of sp³-hybridized carbons (Fsp3) is 0.250.